The van der Waals surface area contributed by atoms with Crippen LogP contribution in [0.1, 0.15) is 22.8 Å². The number of hydrogen-bond acceptors (Lipinski definition) is 5. The van der Waals surface area contributed by atoms with Gasteiger partial charge >= 0.3 is 0 Å². The fraction of sp³-hybridized carbons (Fsp3) is 0.130. The number of amides is 1. The zero-order valence-corrected chi connectivity index (χ0v) is 19.0. The standard InChI is InChI=1S/C23H20FN3O3S2/c1-3-27(18-7-5-4-6-8-18)32(29,30)21-13-16(10-9-15(21)2)22(28)26-23-25-19-12-11-17(24)14-20(19)31-23/h4-14H,3H2,1-2H3,(H,25,26,28). The van der Waals surface area contributed by atoms with E-state index in [0.717, 1.165) is 11.3 Å². The van der Waals surface area contributed by atoms with Crippen LogP contribution in [0.2, 0.25) is 0 Å². The number of hydrogen-bond donors (Lipinski definition) is 1. The minimum atomic E-state index is -3.89. The first-order chi connectivity index (χ1) is 15.3. The van der Waals surface area contributed by atoms with Crippen molar-refractivity contribution in [3.8, 4) is 0 Å². The summed E-state index contributed by atoms with van der Waals surface area (Å²) in [5, 5.41) is 2.98. The Morgan fingerprint density at radius 1 is 1.09 bits per heavy atom. The Hall–Kier alpha value is -3.30. The Balaban J connectivity index is 1.66. The number of sulfonamides is 1. The van der Waals surface area contributed by atoms with Gasteiger partial charge < -0.3 is 0 Å². The summed E-state index contributed by atoms with van der Waals surface area (Å²) in [4.78, 5) is 17.2. The molecule has 0 bridgehead atoms. The number of carbonyl (C=O) groups is 1. The van der Waals surface area contributed by atoms with Gasteiger partial charge in [0.2, 0.25) is 0 Å². The molecule has 0 fully saturated rings. The first kappa shape index (κ1) is 21.9. The zero-order valence-electron chi connectivity index (χ0n) is 17.4. The molecule has 1 heterocycles. The topological polar surface area (TPSA) is 79.4 Å². The molecule has 0 spiro atoms. The van der Waals surface area contributed by atoms with Crippen LogP contribution >= 0.6 is 11.3 Å². The number of halogens is 1. The van der Waals surface area contributed by atoms with Crippen molar-refractivity contribution in [1.82, 2.24) is 4.98 Å². The van der Waals surface area contributed by atoms with Crippen LogP contribution in [0.15, 0.2) is 71.6 Å². The third-order valence-corrected chi connectivity index (χ3v) is 7.90. The SMILES string of the molecule is CCN(c1ccccc1)S(=O)(=O)c1cc(C(=O)Nc2nc3ccc(F)cc3s2)ccc1C. The molecule has 0 unspecified atom stereocenters. The number of nitrogens with zero attached hydrogens (tertiary/aromatic N) is 2. The summed E-state index contributed by atoms with van der Waals surface area (Å²) >= 11 is 1.14. The maximum absolute atomic E-state index is 13.4. The van der Waals surface area contributed by atoms with E-state index in [1.165, 1.54) is 28.6 Å². The van der Waals surface area contributed by atoms with Gasteiger partial charge in [-0.15, -0.1) is 0 Å². The second kappa shape index (κ2) is 8.68. The number of nitrogens with one attached hydrogen (secondary N) is 1. The summed E-state index contributed by atoms with van der Waals surface area (Å²) in [5.41, 5.74) is 1.83. The van der Waals surface area contributed by atoms with Crippen molar-refractivity contribution in [1.29, 1.82) is 0 Å². The van der Waals surface area contributed by atoms with E-state index in [0.29, 0.717) is 26.6 Å². The van der Waals surface area contributed by atoms with Crippen molar-refractivity contribution < 1.29 is 17.6 Å². The van der Waals surface area contributed by atoms with Crippen molar-refractivity contribution in [2.24, 2.45) is 0 Å². The Morgan fingerprint density at radius 2 is 1.84 bits per heavy atom. The third kappa shape index (κ3) is 4.21. The minimum absolute atomic E-state index is 0.0576. The number of benzene rings is 3. The number of thiazole rings is 1. The lowest BCUT2D eigenvalue weighted by Gasteiger charge is -2.24. The molecule has 0 saturated carbocycles. The predicted octanol–water partition coefficient (Wildman–Crippen LogP) is 5.21. The normalized spacial score (nSPS) is 11.5. The summed E-state index contributed by atoms with van der Waals surface area (Å²) in [7, 11) is -3.89. The molecule has 0 atom stereocenters. The van der Waals surface area contributed by atoms with Crippen LogP contribution in [0.5, 0.6) is 0 Å². The summed E-state index contributed by atoms with van der Waals surface area (Å²) in [5.74, 6) is -0.880. The van der Waals surface area contributed by atoms with Gasteiger partial charge in [0, 0.05) is 12.1 Å². The average Bonchev–Trinajstić information content (AvgIpc) is 3.16. The minimum Gasteiger partial charge on any atom is -0.298 e. The van der Waals surface area contributed by atoms with E-state index in [1.807, 2.05) is 6.07 Å². The zero-order chi connectivity index (χ0) is 22.9. The lowest BCUT2D eigenvalue weighted by Crippen LogP contribution is -2.31. The van der Waals surface area contributed by atoms with E-state index in [1.54, 1.807) is 50.2 Å². The molecule has 0 saturated heterocycles. The van der Waals surface area contributed by atoms with Crippen LogP contribution in [-0.4, -0.2) is 25.9 Å². The van der Waals surface area contributed by atoms with Crippen LogP contribution < -0.4 is 9.62 Å². The second-order valence-corrected chi connectivity index (χ2v) is 9.93. The Bertz CT molecular complexity index is 1400. The van der Waals surface area contributed by atoms with Crippen LogP contribution in [0.4, 0.5) is 15.2 Å². The highest BCUT2D eigenvalue weighted by Gasteiger charge is 2.26. The van der Waals surface area contributed by atoms with Gasteiger partial charge in [0.15, 0.2) is 5.13 Å². The first-order valence-electron chi connectivity index (χ1n) is 9.85. The molecular weight excluding hydrogens is 449 g/mol. The Labute approximate surface area is 189 Å². The number of aryl methyl sites for hydroxylation is 1. The molecule has 0 radical (unpaired) electrons. The Kier molecular flexibility index (Phi) is 5.94. The highest BCUT2D eigenvalue weighted by molar-refractivity contribution is 7.92. The maximum Gasteiger partial charge on any atom is 0.264 e. The van der Waals surface area contributed by atoms with Crippen molar-refractivity contribution in [3.63, 3.8) is 0 Å². The fourth-order valence-electron chi connectivity index (χ4n) is 3.34. The molecular formula is C23H20FN3O3S2. The molecule has 1 aromatic heterocycles. The molecule has 1 N–H and O–H groups in total. The quantitative estimate of drug-likeness (QED) is 0.420. The largest absolute Gasteiger partial charge is 0.298 e. The van der Waals surface area contributed by atoms with Crippen LogP contribution in [0, 0.1) is 12.7 Å². The Morgan fingerprint density at radius 3 is 2.56 bits per heavy atom. The van der Waals surface area contributed by atoms with Crippen LogP contribution in [0.25, 0.3) is 10.2 Å². The van der Waals surface area contributed by atoms with Gasteiger partial charge in [0.05, 0.1) is 20.8 Å². The van der Waals surface area contributed by atoms with E-state index in [-0.39, 0.29) is 22.8 Å². The summed E-state index contributed by atoms with van der Waals surface area (Å²) in [6.07, 6.45) is 0. The molecule has 164 valence electrons. The average molecular weight is 470 g/mol. The predicted molar refractivity (Wildman–Crippen MR) is 125 cm³/mol. The van der Waals surface area contributed by atoms with Gasteiger partial charge in [0.25, 0.3) is 15.9 Å². The highest BCUT2D eigenvalue weighted by Crippen LogP contribution is 2.29. The van der Waals surface area contributed by atoms with Gasteiger partial charge in [0.1, 0.15) is 5.82 Å². The smallest absolute Gasteiger partial charge is 0.264 e. The van der Waals surface area contributed by atoms with Gasteiger partial charge in [-0.3, -0.25) is 14.4 Å². The number of carbonyl (C=O) groups excluding carboxylic acids is 1. The van der Waals surface area contributed by atoms with Gasteiger partial charge in [-0.05, 0) is 61.9 Å². The molecule has 32 heavy (non-hydrogen) atoms. The van der Waals surface area contributed by atoms with E-state index in [9.17, 15) is 17.6 Å². The number of anilines is 2. The molecule has 3 aromatic carbocycles. The van der Waals surface area contributed by atoms with Crippen LogP contribution in [-0.2, 0) is 10.0 Å². The maximum atomic E-state index is 13.4. The number of rotatable bonds is 6. The van der Waals surface area contributed by atoms with Crippen molar-refractivity contribution in [3.05, 3.63) is 83.7 Å². The van der Waals surface area contributed by atoms with Gasteiger partial charge in [-0.2, -0.15) is 0 Å². The summed E-state index contributed by atoms with van der Waals surface area (Å²) in [6, 6.07) is 17.5. The molecule has 0 aliphatic carbocycles. The molecule has 1 amide bonds. The van der Waals surface area contributed by atoms with E-state index < -0.39 is 15.9 Å². The third-order valence-electron chi connectivity index (χ3n) is 4.92. The summed E-state index contributed by atoms with van der Waals surface area (Å²) in [6.45, 7) is 3.69. The van der Waals surface area contributed by atoms with Crippen molar-refractivity contribution in [2.75, 3.05) is 16.2 Å². The first-order valence-corrected chi connectivity index (χ1v) is 12.1. The molecule has 0 aliphatic rings. The number of fused-ring (bicyclic) bond motifs is 1. The lowest BCUT2D eigenvalue weighted by molar-refractivity contribution is 0.102. The van der Waals surface area contributed by atoms with Gasteiger partial charge in [-0.1, -0.05) is 35.6 Å². The second-order valence-electron chi connectivity index (χ2n) is 7.07. The van der Waals surface area contributed by atoms with Crippen LogP contribution in [0.3, 0.4) is 0 Å². The van der Waals surface area contributed by atoms with E-state index >= 15 is 0 Å². The fourth-order valence-corrected chi connectivity index (χ4v) is 5.96. The lowest BCUT2D eigenvalue weighted by atomic mass is 10.1. The molecule has 9 heteroatoms. The number of para-hydroxylation sites is 1. The molecule has 4 aromatic rings. The van der Waals surface area contributed by atoms with Crippen molar-refractivity contribution in [2.45, 2.75) is 18.7 Å². The molecule has 6 nitrogen and oxygen atoms in total. The van der Waals surface area contributed by atoms with Crippen molar-refractivity contribution >= 4 is 48.3 Å². The molecule has 0 aliphatic heterocycles. The molecule has 4 rings (SSSR count). The summed E-state index contributed by atoms with van der Waals surface area (Å²) < 4.78 is 42.2. The number of aromatic nitrogens is 1. The van der Waals surface area contributed by atoms with E-state index in [4.69, 9.17) is 0 Å². The monoisotopic (exact) mass is 469 g/mol. The van der Waals surface area contributed by atoms with E-state index in [2.05, 4.69) is 10.3 Å². The highest BCUT2D eigenvalue weighted by atomic mass is 32.2. The van der Waals surface area contributed by atoms with Gasteiger partial charge in [-0.25, -0.2) is 17.8 Å².